The SMILES string of the molecule is O=S(=O)(CCO)c1coc2ccccc12. The molecular weight excluding hydrogens is 216 g/mol. The Hall–Kier alpha value is -1.33. The van der Waals surface area contributed by atoms with Crippen molar-refractivity contribution >= 4 is 20.8 Å². The van der Waals surface area contributed by atoms with E-state index in [-0.39, 0.29) is 17.3 Å². The molecule has 0 aliphatic heterocycles. The summed E-state index contributed by atoms with van der Waals surface area (Å²) in [6, 6.07) is 6.90. The number of para-hydroxylation sites is 1. The number of sulfone groups is 1. The quantitative estimate of drug-likeness (QED) is 0.853. The second-order valence-electron chi connectivity index (χ2n) is 3.14. The van der Waals surface area contributed by atoms with Crippen molar-refractivity contribution < 1.29 is 17.9 Å². The molecule has 0 spiro atoms. The molecule has 1 aromatic carbocycles. The second-order valence-corrected chi connectivity index (χ2v) is 5.22. The Morgan fingerprint density at radius 3 is 2.73 bits per heavy atom. The highest BCUT2D eigenvalue weighted by molar-refractivity contribution is 7.91. The molecule has 1 heterocycles. The number of benzene rings is 1. The van der Waals surface area contributed by atoms with E-state index in [9.17, 15) is 8.42 Å². The lowest BCUT2D eigenvalue weighted by Gasteiger charge is -1.98. The average molecular weight is 226 g/mol. The Morgan fingerprint density at radius 2 is 2.00 bits per heavy atom. The topological polar surface area (TPSA) is 67.5 Å². The van der Waals surface area contributed by atoms with Crippen molar-refractivity contribution in [3.63, 3.8) is 0 Å². The van der Waals surface area contributed by atoms with E-state index in [0.29, 0.717) is 11.0 Å². The molecule has 0 fully saturated rings. The minimum absolute atomic E-state index is 0.146. The molecule has 4 nitrogen and oxygen atoms in total. The zero-order chi connectivity index (χ0) is 10.9. The minimum atomic E-state index is -3.44. The van der Waals surface area contributed by atoms with Gasteiger partial charge in [0, 0.05) is 5.39 Å². The molecule has 80 valence electrons. The summed E-state index contributed by atoms with van der Waals surface area (Å²) in [7, 11) is -3.44. The van der Waals surface area contributed by atoms with Crippen LogP contribution in [0.15, 0.2) is 39.8 Å². The highest BCUT2D eigenvalue weighted by Gasteiger charge is 2.19. The highest BCUT2D eigenvalue weighted by atomic mass is 32.2. The zero-order valence-electron chi connectivity index (χ0n) is 7.88. The van der Waals surface area contributed by atoms with Gasteiger partial charge in [0.05, 0.1) is 12.4 Å². The van der Waals surface area contributed by atoms with Crippen molar-refractivity contribution in [1.82, 2.24) is 0 Å². The van der Waals surface area contributed by atoms with Crippen LogP contribution >= 0.6 is 0 Å². The Bertz CT molecular complexity index is 568. The maximum absolute atomic E-state index is 11.7. The van der Waals surface area contributed by atoms with Crippen molar-refractivity contribution in [1.29, 1.82) is 0 Å². The predicted octanol–water partition coefficient (Wildman–Crippen LogP) is 1.20. The number of rotatable bonds is 3. The fraction of sp³-hybridized carbons (Fsp3) is 0.200. The average Bonchev–Trinajstić information content (AvgIpc) is 2.61. The second kappa shape index (κ2) is 3.67. The molecule has 0 atom stereocenters. The van der Waals surface area contributed by atoms with Crippen LogP contribution in [-0.2, 0) is 9.84 Å². The molecule has 0 aliphatic rings. The van der Waals surface area contributed by atoms with E-state index in [0.717, 1.165) is 0 Å². The standard InChI is InChI=1S/C10H10O4S/c11-5-6-15(12,13)10-7-14-9-4-2-1-3-8(9)10/h1-4,7,11H,5-6H2. The molecule has 1 aromatic heterocycles. The summed E-state index contributed by atoms with van der Waals surface area (Å²) in [5, 5.41) is 9.22. The third-order valence-corrected chi connectivity index (χ3v) is 3.85. The van der Waals surface area contributed by atoms with Crippen LogP contribution in [-0.4, -0.2) is 25.9 Å². The molecule has 0 radical (unpaired) electrons. The molecule has 2 rings (SSSR count). The van der Waals surface area contributed by atoms with Gasteiger partial charge in [0.2, 0.25) is 0 Å². The number of hydrogen-bond acceptors (Lipinski definition) is 4. The molecule has 1 N–H and O–H groups in total. The fourth-order valence-electron chi connectivity index (χ4n) is 1.42. The van der Waals surface area contributed by atoms with Gasteiger partial charge >= 0.3 is 0 Å². The summed E-state index contributed by atoms with van der Waals surface area (Å²) in [6.07, 6.45) is 1.22. The van der Waals surface area contributed by atoms with Crippen molar-refractivity contribution in [2.75, 3.05) is 12.4 Å². The number of fused-ring (bicyclic) bond motifs is 1. The molecule has 2 aromatic rings. The van der Waals surface area contributed by atoms with Crippen LogP contribution in [0, 0.1) is 0 Å². The lowest BCUT2D eigenvalue weighted by molar-refractivity contribution is 0.319. The minimum Gasteiger partial charge on any atom is -0.463 e. The summed E-state index contributed by atoms with van der Waals surface area (Å²) < 4.78 is 28.5. The van der Waals surface area contributed by atoms with Crippen LogP contribution in [0.25, 0.3) is 11.0 Å². The van der Waals surface area contributed by atoms with E-state index < -0.39 is 9.84 Å². The third kappa shape index (κ3) is 1.75. The van der Waals surface area contributed by atoms with Gasteiger partial charge in [-0.05, 0) is 12.1 Å². The number of hydrogen-bond donors (Lipinski definition) is 1. The molecule has 15 heavy (non-hydrogen) atoms. The third-order valence-electron chi connectivity index (χ3n) is 2.14. The van der Waals surface area contributed by atoms with E-state index in [2.05, 4.69) is 0 Å². The van der Waals surface area contributed by atoms with Crippen molar-refractivity contribution in [2.24, 2.45) is 0 Å². The Balaban J connectivity index is 2.63. The lowest BCUT2D eigenvalue weighted by atomic mass is 10.3. The summed E-state index contributed by atoms with van der Waals surface area (Å²) >= 11 is 0. The normalized spacial score (nSPS) is 12.1. The molecule has 0 aliphatic carbocycles. The number of aliphatic hydroxyl groups excluding tert-OH is 1. The van der Waals surface area contributed by atoms with Crippen LogP contribution in [0.2, 0.25) is 0 Å². The van der Waals surface area contributed by atoms with Crippen molar-refractivity contribution in [3.8, 4) is 0 Å². The summed E-state index contributed by atoms with van der Waals surface area (Å²) in [5.41, 5.74) is 0.536. The van der Waals surface area contributed by atoms with Gasteiger partial charge in [-0.25, -0.2) is 8.42 Å². The lowest BCUT2D eigenvalue weighted by Crippen LogP contribution is -2.09. The molecule has 0 saturated carbocycles. The van der Waals surface area contributed by atoms with Gasteiger partial charge in [0.15, 0.2) is 9.84 Å². The molecule has 0 bridgehead atoms. The summed E-state index contributed by atoms with van der Waals surface area (Å²) in [5.74, 6) is -0.281. The van der Waals surface area contributed by atoms with Gasteiger partial charge < -0.3 is 9.52 Å². The molecule has 0 saturated heterocycles. The first-order chi connectivity index (χ1) is 7.15. The van der Waals surface area contributed by atoms with E-state index in [1.165, 1.54) is 6.26 Å². The molecule has 0 amide bonds. The van der Waals surface area contributed by atoms with Crippen molar-refractivity contribution in [2.45, 2.75) is 4.90 Å². The van der Waals surface area contributed by atoms with Crippen molar-refractivity contribution in [3.05, 3.63) is 30.5 Å². The van der Waals surface area contributed by atoms with E-state index in [1.807, 2.05) is 0 Å². The maximum Gasteiger partial charge on any atom is 0.184 e. The predicted molar refractivity (Wildman–Crippen MR) is 55.4 cm³/mol. The monoisotopic (exact) mass is 226 g/mol. The van der Waals surface area contributed by atoms with Gasteiger partial charge in [-0.1, -0.05) is 12.1 Å². The van der Waals surface area contributed by atoms with Gasteiger partial charge in [-0.15, -0.1) is 0 Å². The van der Waals surface area contributed by atoms with Gasteiger partial charge in [0.25, 0.3) is 0 Å². The van der Waals surface area contributed by atoms with Gasteiger partial charge in [-0.3, -0.25) is 0 Å². The van der Waals surface area contributed by atoms with Gasteiger partial charge in [0.1, 0.15) is 16.7 Å². The number of furan rings is 1. The smallest absolute Gasteiger partial charge is 0.184 e. The Kier molecular flexibility index (Phi) is 2.50. The van der Waals surface area contributed by atoms with Crippen LogP contribution in [0.5, 0.6) is 0 Å². The maximum atomic E-state index is 11.7. The van der Waals surface area contributed by atoms with E-state index in [1.54, 1.807) is 24.3 Å². The van der Waals surface area contributed by atoms with Gasteiger partial charge in [-0.2, -0.15) is 0 Å². The van der Waals surface area contributed by atoms with Crippen LogP contribution < -0.4 is 0 Å². The molecule has 5 heteroatoms. The molecule has 0 unspecified atom stereocenters. The summed E-state index contributed by atoms with van der Waals surface area (Å²) in [6.45, 7) is -0.387. The van der Waals surface area contributed by atoms with Crippen LogP contribution in [0.1, 0.15) is 0 Å². The fourth-order valence-corrected chi connectivity index (χ4v) is 2.58. The van der Waals surface area contributed by atoms with Crippen LogP contribution in [0.4, 0.5) is 0 Å². The first-order valence-corrected chi connectivity index (χ1v) is 6.10. The highest BCUT2D eigenvalue weighted by Crippen LogP contribution is 2.25. The van der Waals surface area contributed by atoms with E-state index in [4.69, 9.17) is 9.52 Å². The Labute approximate surface area is 87.1 Å². The number of aliphatic hydroxyl groups is 1. The first-order valence-electron chi connectivity index (χ1n) is 4.45. The molecular formula is C10H10O4S. The van der Waals surface area contributed by atoms with E-state index >= 15 is 0 Å². The first kappa shape index (κ1) is 10.2. The largest absolute Gasteiger partial charge is 0.463 e. The van der Waals surface area contributed by atoms with Crippen LogP contribution in [0.3, 0.4) is 0 Å². The summed E-state index contributed by atoms with van der Waals surface area (Å²) in [4.78, 5) is 0.146. The zero-order valence-corrected chi connectivity index (χ0v) is 8.70. The Morgan fingerprint density at radius 1 is 1.27 bits per heavy atom.